The Kier molecular flexibility index (Phi) is 6.81. The lowest BCUT2D eigenvalue weighted by atomic mass is 9.82. The second-order valence-corrected chi connectivity index (χ2v) is 6.68. The number of carbonyl (C=O) groups is 2. The molecular formula is C18H29N3O2. The molecule has 1 saturated heterocycles. The van der Waals surface area contributed by atoms with Crippen molar-refractivity contribution < 1.29 is 9.59 Å². The summed E-state index contributed by atoms with van der Waals surface area (Å²) < 4.78 is 0. The third-order valence-electron chi connectivity index (χ3n) is 5.16. The van der Waals surface area contributed by atoms with Crippen LogP contribution in [0.5, 0.6) is 0 Å². The largest absolute Gasteiger partial charge is 0.404 e. The Morgan fingerprint density at radius 3 is 2.35 bits per heavy atom. The van der Waals surface area contributed by atoms with E-state index < -0.39 is 0 Å². The van der Waals surface area contributed by atoms with Gasteiger partial charge in [-0.25, -0.2) is 0 Å². The highest BCUT2D eigenvalue weighted by molar-refractivity contribution is 5.79. The highest BCUT2D eigenvalue weighted by Gasteiger charge is 2.31. The van der Waals surface area contributed by atoms with Gasteiger partial charge >= 0.3 is 0 Å². The fourth-order valence-electron chi connectivity index (χ4n) is 3.45. The molecule has 0 unspecified atom stereocenters. The molecule has 0 atom stereocenters. The zero-order valence-electron chi connectivity index (χ0n) is 14.1. The zero-order valence-corrected chi connectivity index (χ0v) is 14.1. The topological polar surface area (TPSA) is 75.8 Å². The summed E-state index contributed by atoms with van der Waals surface area (Å²) in [7, 11) is 0. The van der Waals surface area contributed by atoms with Crippen LogP contribution in [0.3, 0.4) is 0 Å². The molecule has 0 aromatic rings. The maximum atomic E-state index is 12.6. The SMILES string of the molecule is CC/C(C=NC1CCN(C(=O)C2CCC(C=O)CC2)CC1)=C/N. The minimum atomic E-state index is 0.123. The number of hydrogen-bond acceptors (Lipinski definition) is 4. The molecule has 5 heteroatoms. The second kappa shape index (κ2) is 8.85. The van der Waals surface area contributed by atoms with Crippen molar-refractivity contribution in [3.05, 3.63) is 11.8 Å². The lowest BCUT2D eigenvalue weighted by Crippen LogP contribution is -2.43. The van der Waals surface area contributed by atoms with E-state index >= 15 is 0 Å². The minimum absolute atomic E-state index is 0.123. The number of hydrogen-bond donors (Lipinski definition) is 1. The Labute approximate surface area is 139 Å². The van der Waals surface area contributed by atoms with Crippen LogP contribution in [0.25, 0.3) is 0 Å². The maximum Gasteiger partial charge on any atom is 0.225 e. The van der Waals surface area contributed by atoms with Gasteiger partial charge in [-0.05, 0) is 56.7 Å². The van der Waals surface area contributed by atoms with Gasteiger partial charge in [-0.3, -0.25) is 9.79 Å². The molecule has 0 aromatic carbocycles. The van der Waals surface area contributed by atoms with Crippen LogP contribution >= 0.6 is 0 Å². The van der Waals surface area contributed by atoms with Crippen LogP contribution in [0, 0.1) is 11.8 Å². The molecule has 23 heavy (non-hydrogen) atoms. The summed E-state index contributed by atoms with van der Waals surface area (Å²) in [6.07, 6.45) is 10.7. The molecule has 2 N–H and O–H groups in total. The van der Waals surface area contributed by atoms with Crippen molar-refractivity contribution in [2.45, 2.75) is 57.9 Å². The normalized spacial score (nSPS) is 27.3. The average molecular weight is 319 g/mol. The molecule has 0 spiro atoms. The number of likely N-dealkylation sites (tertiary alicyclic amines) is 1. The lowest BCUT2D eigenvalue weighted by Gasteiger charge is -2.34. The van der Waals surface area contributed by atoms with Crippen molar-refractivity contribution in [2.24, 2.45) is 22.6 Å². The van der Waals surface area contributed by atoms with Gasteiger partial charge in [0, 0.05) is 31.1 Å². The Hall–Kier alpha value is -1.65. The van der Waals surface area contributed by atoms with Crippen molar-refractivity contribution in [3.8, 4) is 0 Å². The first kappa shape index (κ1) is 17.7. The summed E-state index contributed by atoms with van der Waals surface area (Å²) in [5.41, 5.74) is 6.59. The van der Waals surface area contributed by atoms with E-state index in [0.29, 0.717) is 6.04 Å². The van der Waals surface area contributed by atoms with Crippen molar-refractivity contribution in [1.82, 2.24) is 4.90 Å². The third kappa shape index (κ3) is 4.91. The van der Waals surface area contributed by atoms with Gasteiger partial charge in [0.25, 0.3) is 0 Å². The number of nitrogens with two attached hydrogens (primary N) is 1. The van der Waals surface area contributed by atoms with Crippen molar-refractivity contribution in [2.75, 3.05) is 13.1 Å². The second-order valence-electron chi connectivity index (χ2n) is 6.68. The van der Waals surface area contributed by atoms with E-state index in [2.05, 4.69) is 11.9 Å². The molecule has 2 aliphatic rings. The molecule has 128 valence electrons. The number of piperidine rings is 1. The molecule has 1 aliphatic heterocycles. The van der Waals surface area contributed by atoms with Gasteiger partial charge in [0.1, 0.15) is 6.29 Å². The van der Waals surface area contributed by atoms with Gasteiger partial charge in [0.2, 0.25) is 5.91 Å². The highest BCUT2D eigenvalue weighted by Crippen LogP contribution is 2.29. The minimum Gasteiger partial charge on any atom is -0.404 e. The number of nitrogens with zero attached hydrogens (tertiary/aromatic N) is 2. The zero-order chi connectivity index (χ0) is 16.7. The van der Waals surface area contributed by atoms with E-state index in [1.54, 1.807) is 6.20 Å². The lowest BCUT2D eigenvalue weighted by molar-refractivity contribution is -0.138. The van der Waals surface area contributed by atoms with Gasteiger partial charge in [-0.15, -0.1) is 0 Å². The molecule has 2 rings (SSSR count). The van der Waals surface area contributed by atoms with Crippen LogP contribution in [0.4, 0.5) is 0 Å². The van der Waals surface area contributed by atoms with E-state index in [1.807, 2.05) is 11.1 Å². The maximum absolute atomic E-state index is 12.6. The number of carbonyl (C=O) groups excluding carboxylic acids is 2. The third-order valence-corrected chi connectivity index (χ3v) is 5.16. The number of rotatable bonds is 5. The molecule has 0 aromatic heterocycles. The van der Waals surface area contributed by atoms with Crippen LogP contribution in [-0.4, -0.2) is 42.4 Å². The monoisotopic (exact) mass is 319 g/mol. The van der Waals surface area contributed by atoms with Crippen LogP contribution in [0.2, 0.25) is 0 Å². The van der Waals surface area contributed by atoms with Crippen LogP contribution < -0.4 is 5.73 Å². The predicted molar refractivity (Wildman–Crippen MR) is 92.2 cm³/mol. The summed E-state index contributed by atoms with van der Waals surface area (Å²) in [6.45, 7) is 3.65. The van der Waals surface area contributed by atoms with Gasteiger partial charge in [0.15, 0.2) is 0 Å². The van der Waals surface area contributed by atoms with Crippen molar-refractivity contribution >= 4 is 18.4 Å². The summed E-state index contributed by atoms with van der Waals surface area (Å²) in [5.74, 6) is 0.577. The molecule has 2 fully saturated rings. The molecule has 1 saturated carbocycles. The van der Waals surface area contributed by atoms with Crippen LogP contribution in [0.1, 0.15) is 51.9 Å². The first-order valence-corrected chi connectivity index (χ1v) is 8.86. The smallest absolute Gasteiger partial charge is 0.225 e. The molecular weight excluding hydrogens is 290 g/mol. The fraction of sp³-hybridized carbons (Fsp3) is 0.722. The van der Waals surface area contributed by atoms with E-state index in [4.69, 9.17) is 5.73 Å². The number of allylic oxidation sites excluding steroid dienone is 1. The van der Waals surface area contributed by atoms with Crippen LogP contribution in [-0.2, 0) is 9.59 Å². The highest BCUT2D eigenvalue weighted by atomic mass is 16.2. The standard InChI is InChI=1S/C18H29N3O2/c1-2-14(11-19)12-20-17-7-9-21(10-8-17)18(23)16-5-3-15(13-22)4-6-16/h11-13,15-17H,2-10,19H2,1H3/b14-11-,20-12?. The Bertz CT molecular complexity index is 457. The van der Waals surface area contributed by atoms with Crippen molar-refractivity contribution in [3.63, 3.8) is 0 Å². The van der Waals surface area contributed by atoms with Gasteiger partial charge < -0.3 is 15.4 Å². The van der Waals surface area contributed by atoms with Gasteiger partial charge in [0.05, 0.1) is 6.04 Å². The summed E-state index contributed by atoms with van der Waals surface area (Å²) in [6, 6.07) is 0.298. The predicted octanol–water partition coefficient (Wildman–Crippen LogP) is 2.31. The van der Waals surface area contributed by atoms with E-state index in [9.17, 15) is 9.59 Å². The molecule has 1 amide bonds. The Morgan fingerprint density at radius 1 is 1.17 bits per heavy atom. The molecule has 0 bridgehead atoms. The quantitative estimate of drug-likeness (QED) is 0.624. The fourth-order valence-corrected chi connectivity index (χ4v) is 3.45. The molecule has 5 nitrogen and oxygen atoms in total. The van der Waals surface area contributed by atoms with E-state index in [0.717, 1.165) is 69.9 Å². The van der Waals surface area contributed by atoms with Gasteiger partial charge in [-0.1, -0.05) is 6.92 Å². The summed E-state index contributed by atoms with van der Waals surface area (Å²) in [5, 5.41) is 0. The van der Waals surface area contributed by atoms with Crippen LogP contribution in [0.15, 0.2) is 16.8 Å². The molecule has 1 heterocycles. The van der Waals surface area contributed by atoms with E-state index in [1.165, 1.54) is 0 Å². The number of aliphatic imine (C=N–C) groups is 1. The molecule has 0 radical (unpaired) electrons. The number of aldehydes is 1. The van der Waals surface area contributed by atoms with E-state index in [-0.39, 0.29) is 17.7 Å². The Balaban J connectivity index is 1.78. The first-order valence-electron chi connectivity index (χ1n) is 8.86. The van der Waals surface area contributed by atoms with Crippen molar-refractivity contribution in [1.29, 1.82) is 0 Å². The summed E-state index contributed by atoms with van der Waals surface area (Å²) >= 11 is 0. The first-order chi connectivity index (χ1) is 11.2. The average Bonchev–Trinajstić information content (AvgIpc) is 2.62. The summed E-state index contributed by atoms with van der Waals surface area (Å²) in [4.78, 5) is 30.0. The Morgan fingerprint density at radius 2 is 1.83 bits per heavy atom. The molecule has 1 aliphatic carbocycles. The number of amides is 1. The van der Waals surface area contributed by atoms with Gasteiger partial charge in [-0.2, -0.15) is 0 Å².